The van der Waals surface area contributed by atoms with Crippen LogP contribution in [0.25, 0.3) is 0 Å². The van der Waals surface area contributed by atoms with Gasteiger partial charge in [-0.1, -0.05) is 11.8 Å². The van der Waals surface area contributed by atoms with E-state index in [0.29, 0.717) is 5.75 Å². The number of nitrogens with zero attached hydrogens (tertiary/aromatic N) is 3. The molecule has 21 heavy (non-hydrogen) atoms. The highest BCUT2D eigenvalue weighted by atomic mass is 32.2. The summed E-state index contributed by atoms with van der Waals surface area (Å²) in [6.07, 6.45) is 3.64. The lowest BCUT2D eigenvalue weighted by molar-refractivity contribution is 0.102. The molecule has 2 heterocycles. The number of rotatable bonds is 4. The van der Waals surface area contributed by atoms with E-state index in [1.165, 1.54) is 11.8 Å². The van der Waals surface area contributed by atoms with Gasteiger partial charge in [-0.05, 0) is 40.7 Å². The summed E-state index contributed by atoms with van der Waals surface area (Å²) in [6, 6.07) is 2.00. The van der Waals surface area contributed by atoms with E-state index in [1.54, 1.807) is 6.20 Å². The number of aryl methyl sites for hydroxylation is 2. The van der Waals surface area contributed by atoms with Crippen molar-refractivity contribution in [3.05, 3.63) is 35.4 Å². The van der Waals surface area contributed by atoms with Crippen LogP contribution in [0.4, 0.5) is 0 Å². The number of hydrogen-bond acceptors (Lipinski definition) is 3. The number of Topliss-reactive ketones (excluding diaryl/α,β-unsaturated/α-hetero) is 1. The Morgan fingerprint density at radius 1 is 1.33 bits per heavy atom. The molecule has 5 heteroatoms. The SMILES string of the molecule is Cc1cc(C(=O)CSc2nccn2C)c(C)n1C(C)(C)C. The Labute approximate surface area is 130 Å². The van der Waals surface area contributed by atoms with E-state index in [0.717, 1.165) is 22.1 Å². The average molecular weight is 305 g/mol. The standard InChI is InChI=1S/C16H23N3OS/c1-11-9-13(12(2)19(11)16(3,4)5)14(20)10-21-15-17-7-8-18(15)6/h7-9H,10H2,1-6H3. The maximum absolute atomic E-state index is 12.5. The second-order valence-electron chi connectivity index (χ2n) is 6.32. The molecule has 4 nitrogen and oxygen atoms in total. The molecule has 0 unspecified atom stereocenters. The summed E-state index contributed by atoms with van der Waals surface area (Å²) in [5.74, 6) is 0.575. The molecule has 2 aromatic heterocycles. The molecule has 0 bridgehead atoms. The fourth-order valence-corrected chi connectivity index (χ4v) is 3.59. The summed E-state index contributed by atoms with van der Waals surface area (Å²) < 4.78 is 4.15. The third-order valence-corrected chi connectivity index (χ3v) is 4.57. The van der Waals surface area contributed by atoms with Crippen LogP contribution in [-0.4, -0.2) is 25.7 Å². The highest BCUT2D eigenvalue weighted by molar-refractivity contribution is 7.99. The zero-order valence-electron chi connectivity index (χ0n) is 13.6. The second kappa shape index (κ2) is 5.72. The lowest BCUT2D eigenvalue weighted by atomic mass is 10.1. The maximum Gasteiger partial charge on any atom is 0.175 e. The Morgan fingerprint density at radius 3 is 2.48 bits per heavy atom. The van der Waals surface area contributed by atoms with Crippen LogP contribution in [0.3, 0.4) is 0 Å². The molecule has 0 aliphatic heterocycles. The first kappa shape index (κ1) is 15.9. The first-order chi connectivity index (χ1) is 9.71. The van der Waals surface area contributed by atoms with E-state index in [4.69, 9.17) is 0 Å². The van der Waals surface area contributed by atoms with Gasteiger partial charge in [-0.25, -0.2) is 4.98 Å². The molecular weight excluding hydrogens is 282 g/mol. The monoisotopic (exact) mass is 305 g/mol. The van der Waals surface area contributed by atoms with Crippen molar-refractivity contribution >= 4 is 17.5 Å². The van der Waals surface area contributed by atoms with Crippen molar-refractivity contribution in [2.75, 3.05) is 5.75 Å². The molecule has 2 aromatic rings. The van der Waals surface area contributed by atoms with Gasteiger partial charge in [-0.3, -0.25) is 4.79 Å². The lowest BCUT2D eigenvalue weighted by Gasteiger charge is -2.25. The molecule has 0 radical (unpaired) electrons. The summed E-state index contributed by atoms with van der Waals surface area (Å²) in [7, 11) is 1.94. The lowest BCUT2D eigenvalue weighted by Crippen LogP contribution is -2.24. The number of carbonyl (C=O) groups is 1. The Hall–Kier alpha value is -1.49. The Balaban J connectivity index is 2.19. The highest BCUT2D eigenvalue weighted by Gasteiger charge is 2.22. The normalized spacial score (nSPS) is 11.9. The zero-order valence-corrected chi connectivity index (χ0v) is 14.4. The van der Waals surface area contributed by atoms with Crippen molar-refractivity contribution in [3.63, 3.8) is 0 Å². The van der Waals surface area contributed by atoms with Crippen molar-refractivity contribution < 1.29 is 4.79 Å². The fourth-order valence-electron chi connectivity index (χ4n) is 2.78. The largest absolute Gasteiger partial charge is 0.343 e. The van der Waals surface area contributed by atoms with Crippen LogP contribution in [0.2, 0.25) is 0 Å². The van der Waals surface area contributed by atoms with Crippen LogP contribution in [0.15, 0.2) is 23.6 Å². The van der Waals surface area contributed by atoms with Gasteiger partial charge < -0.3 is 9.13 Å². The van der Waals surface area contributed by atoms with Crippen molar-refractivity contribution in [2.24, 2.45) is 7.05 Å². The summed E-state index contributed by atoms with van der Waals surface area (Å²) in [6.45, 7) is 10.6. The smallest absolute Gasteiger partial charge is 0.175 e. The molecule has 0 aliphatic carbocycles. The van der Waals surface area contributed by atoms with Crippen LogP contribution >= 0.6 is 11.8 Å². The molecule has 114 valence electrons. The topological polar surface area (TPSA) is 39.8 Å². The molecule has 0 aromatic carbocycles. The Kier molecular flexibility index (Phi) is 4.33. The van der Waals surface area contributed by atoms with Gasteiger partial charge in [0.1, 0.15) is 0 Å². The average Bonchev–Trinajstić information content (AvgIpc) is 2.89. The number of carbonyl (C=O) groups excluding carboxylic acids is 1. The third kappa shape index (κ3) is 3.23. The molecule has 0 aliphatic rings. The molecule has 0 atom stereocenters. The van der Waals surface area contributed by atoms with Gasteiger partial charge in [0.15, 0.2) is 10.9 Å². The van der Waals surface area contributed by atoms with Gasteiger partial charge in [0.2, 0.25) is 0 Å². The molecule has 0 saturated carbocycles. The molecule has 2 rings (SSSR count). The summed E-state index contributed by atoms with van der Waals surface area (Å²) >= 11 is 1.48. The summed E-state index contributed by atoms with van der Waals surface area (Å²) in [4.78, 5) is 16.7. The quantitative estimate of drug-likeness (QED) is 0.640. The van der Waals surface area contributed by atoms with E-state index in [1.807, 2.05) is 30.8 Å². The Bertz CT molecular complexity index is 662. The number of thioether (sulfide) groups is 1. The van der Waals surface area contributed by atoms with Crippen LogP contribution < -0.4 is 0 Å². The number of aromatic nitrogens is 3. The third-order valence-electron chi connectivity index (χ3n) is 3.51. The molecular formula is C16H23N3OS. The molecule has 0 N–H and O–H groups in total. The zero-order chi connectivity index (χ0) is 15.8. The first-order valence-corrected chi connectivity index (χ1v) is 8.03. The van der Waals surface area contributed by atoms with E-state index in [9.17, 15) is 4.79 Å². The molecule has 0 spiro atoms. The van der Waals surface area contributed by atoms with Gasteiger partial charge in [0.05, 0.1) is 5.75 Å². The van der Waals surface area contributed by atoms with Crippen LogP contribution in [0.5, 0.6) is 0 Å². The van der Waals surface area contributed by atoms with Gasteiger partial charge in [0.25, 0.3) is 0 Å². The van der Waals surface area contributed by atoms with Crippen LogP contribution in [0, 0.1) is 13.8 Å². The minimum Gasteiger partial charge on any atom is -0.343 e. The summed E-state index contributed by atoms with van der Waals surface area (Å²) in [5.41, 5.74) is 2.99. The highest BCUT2D eigenvalue weighted by Crippen LogP contribution is 2.26. The Morgan fingerprint density at radius 2 is 2.00 bits per heavy atom. The number of imidazole rings is 1. The first-order valence-electron chi connectivity index (χ1n) is 7.04. The van der Waals surface area contributed by atoms with Gasteiger partial charge in [-0.2, -0.15) is 0 Å². The van der Waals surface area contributed by atoms with E-state index in [-0.39, 0.29) is 11.3 Å². The van der Waals surface area contributed by atoms with Crippen molar-refractivity contribution in [3.8, 4) is 0 Å². The predicted octanol–water partition coefficient (Wildman–Crippen LogP) is 3.57. The van der Waals surface area contributed by atoms with Gasteiger partial charge >= 0.3 is 0 Å². The minimum absolute atomic E-state index is 0.0144. The van der Waals surface area contributed by atoms with Crippen molar-refractivity contribution in [1.82, 2.24) is 14.1 Å². The van der Waals surface area contributed by atoms with Crippen molar-refractivity contribution in [1.29, 1.82) is 0 Å². The van der Waals surface area contributed by atoms with Crippen LogP contribution in [-0.2, 0) is 12.6 Å². The van der Waals surface area contributed by atoms with Gasteiger partial charge in [-0.15, -0.1) is 0 Å². The van der Waals surface area contributed by atoms with E-state index in [2.05, 4.69) is 37.2 Å². The minimum atomic E-state index is -0.0144. The molecule has 0 saturated heterocycles. The number of hydrogen-bond donors (Lipinski definition) is 0. The van der Waals surface area contributed by atoms with Crippen LogP contribution in [0.1, 0.15) is 42.5 Å². The van der Waals surface area contributed by atoms with E-state index >= 15 is 0 Å². The maximum atomic E-state index is 12.5. The van der Waals surface area contributed by atoms with Gasteiger partial charge in [0, 0.05) is 41.9 Å². The summed E-state index contributed by atoms with van der Waals surface area (Å²) in [5, 5.41) is 0.868. The fraction of sp³-hybridized carbons (Fsp3) is 0.500. The molecule has 0 amide bonds. The molecule has 0 fully saturated rings. The van der Waals surface area contributed by atoms with Crippen molar-refractivity contribution in [2.45, 2.75) is 45.3 Å². The van der Waals surface area contributed by atoms with E-state index < -0.39 is 0 Å². The second-order valence-corrected chi connectivity index (χ2v) is 7.27. The number of ketones is 1. The predicted molar refractivity (Wildman–Crippen MR) is 87.2 cm³/mol.